The van der Waals surface area contributed by atoms with Crippen LogP contribution in [0.15, 0.2) is 0 Å². The standard InChI is InChI=1S/C21H42O3/c1-2-3-4-5-6-7-8-9-10-11-12-13-14-15-16-17-18-19-21(23)24-20-22/h22H,2-20H2,1H3. The van der Waals surface area contributed by atoms with Crippen LogP contribution in [0.4, 0.5) is 0 Å². The first kappa shape index (κ1) is 23.4. The molecule has 3 heteroatoms. The van der Waals surface area contributed by atoms with Gasteiger partial charge in [-0.15, -0.1) is 0 Å². The fraction of sp³-hybridized carbons (Fsp3) is 0.952. The van der Waals surface area contributed by atoms with E-state index in [0.29, 0.717) is 6.42 Å². The summed E-state index contributed by atoms with van der Waals surface area (Å²) in [5.41, 5.74) is 0. The Bertz CT molecular complexity index is 253. The van der Waals surface area contributed by atoms with E-state index in [1.807, 2.05) is 0 Å². The fourth-order valence-electron chi connectivity index (χ4n) is 3.14. The molecule has 3 nitrogen and oxygen atoms in total. The number of aliphatic hydroxyl groups excluding tert-OH is 1. The molecule has 0 aliphatic carbocycles. The summed E-state index contributed by atoms with van der Waals surface area (Å²) in [5, 5.41) is 8.44. The Morgan fingerprint density at radius 3 is 1.29 bits per heavy atom. The van der Waals surface area contributed by atoms with Gasteiger partial charge in [0, 0.05) is 6.42 Å². The third-order valence-corrected chi connectivity index (χ3v) is 4.71. The molecule has 0 bridgehead atoms. The van der Waals surface area contributed by atoms with Crippen LogP contribution in [-0.4, -0.2) is 17.9 Å². The highest BCUT2D eigenvalue weighted by molar-refractivity contribution is 5.69. The molecule has 0 radical (unpaired) electrons. The lowest BCUT2D eigenvalue weighted by Crippen LogP contribution is -2.04. The Balaban J connectivity index is 3.01. The van der Waals surface area contributed by atoms with Crippen LogP contribution in [0.25, 0.3) is 0 Å². The summed E-state index contributed by atoms with van der Waals surface area (Å²) in [6, 6.07) is 0. The molecule has 0 saturated heterocycles. The molecule has 24 heavy (non-hydrogen) atoms. The third kappa shape index (κ3) is 19.5. The predicted octanol–water partition coefficient (Wildman–Crippen LogP) is 6.52. The Morgan fingerprint density at radius 1 is 0.625 bits per heavy atom. The van der Waals surface area contributed by atoms with Crippen LogP contribution in [0.2, 0.25) is 0 Å². The molecule has 1 N–H and O–H groups in total. The van der Waals surface area contributed by atoms with Crippen LogP contribution in [0, 0.1) is 0 Å². The second-order valence-corrected chi connectivity index (χ2v) is 7.05. The van der Waals surface area contributed by atoms with Gasteiger partial charge in [0.15, 0.2) is 6.79 Å². The molecule has 0 aliphatic rings. The van der Waals surface area contributed by atoms with Crippen LogP contribution in [0.5, 0.6) is 0 Å². The van der Waals surface area contributed by atoms with E-state index in [-0.39, 0.29) is 5.97 Å². The lowest BCUT2D eigenvalue weighted by molar-refractivity contribution is -0.151. The van der Waals surface area contributed by atoms with Crippen molar-refractivity contribution >= 4 is 5.97 Å². The van der Waals surface area contributed by atoms with Gasteiger partial charge in [-0.25, -0.2) is 0 Å². The van der Waals surface area contributed by atoms with E-state index in [0.717, 1.165) is 12.8 Å². The van der Waals surface area contributed by atoms with Gasteiger partial charge >= 0.3 is 5.97 Å². The molecule has 0 saturated carbocycles. The number of esters is 1. The number of unbranched alkanes of at least 4 members (excludes halogenated alkanes) is 16. The van der Waals surface area contributed by atoms with E-state index < -0.39 is 6.79 Å². The molecular weight excluding hydrogens is 300 g/mol. The van der Waals surface area contributed by atoms with Crippen molar-refractivity contribution in [2.75, 3.05) is 6.79 Å². The zero-order valence-corrected chi connectivity index (χ0v) is 16.2. The van der Waals surface area contributed by atoms with E-state index in [4.69, 9.17) is 5.11 Å². The zero-order valence-electron chi connectivity index (χ0n) is 16.2. The van der Waals surface area contributed by atoms with Crippen LogP contribution in [0.1, 0.15) is 122 Å². The van der Waals surface area contributed by atoms with E-state index in [1.165, 1.54) is 96.3 Å². The van der Waals surface area contributed by atoms with Crippen molar-refractivity contribution in [1.82, 2.24) is 0 Å². The van der Waals surface area contributed by atoms with E-state index in [9.17, 15) is 4.79 Å². The van der Waals surface area contributed by atoms with Gasteiger partial charge < -0.3 is 9.84 Å². The molecule has 0 rings (SSSR count). The number of carbonyl (C=O) groups is 1. The summed E-state index contributed by atoms with van der Waals surface area (Å²) in [4.78, 5) is 11.0. The fourth-order valence-corrected chi connectivity index (χ4v) is 3.14. The highest BCUT2D eigenvalue weighted by atomic mass is 16.6. The SMILES string of the molecule is CCCCCCCCCCCCCCCCCCCC(=O)OCO. The van der Waals surface area contributed by atoms with Crippen LogP contribution >= 0.6 is 0 Å². The molecule has 0 atom stereocenters. The molecular formula is C21H42O3. The second kappa shape index (κ2) is 20.5. The van der Waals surface area contributed by atoms with E-state index >= 15 is 0 Å². The maximum absolute atomic E-state index is 11.0. The van der Waals surface area contributed by atoms with Crippen LogP contribution < -0.4 is 0 Å². The highest BCUT2D eigenvalue weighted by Gasteiger charge is 2.00. The number of hydrogen-bond donors (Lipinski definition) is 1. The highest BCUT2D eigenvalue weighted by Crippen LogP contribution is 2.14. The van der Waals surface area contributed by atoms with Gasteiger partial charge in [-0.3, -0.25) is 4.79 Å². The monoisotopic (exact) mass is 342 g/mol. The molecule has 144 valence electrons. The molecule has 0 unspecified atom stereocenters. The molecule has 0 aromatic rings. The largest absolute Gasteiger partial charge is 0.439 e. The summed E-state index contributed by atoms with van der Waals surface area (Å²) in [6.45, 7) is 1.79. The van der Waals surface area contributed by atoms with Gasteiger partial charge in [0.25, 0.3) is 0 Å². The summed E-state index contributed by atoms with van der Waals surface area (Å²) in [5.74, 6) is -0.279. The molecule has 0 fully saturated rings. The minimum atomic E-state index is -0.488. The van der Waals surface area contributed by atoms with Gasteiger partial charge in [-0.2, -0.15) is 0 Å². The molecule has 0 amide bonds. The van der Waals surface area contributed by atoms with Gasteiger partial charge in [0.05, 0.1) is 0 Å². The topological polar surface area (TPSA) is 46.5 Å². The molecule has 0 aromatic carbocycles. The number of aliphatic hydroxyl groups is 1. The average Bonchev–Trinajstić information content (AvgIpc) is 2.58. The lowest BCUT2D eigenvalue weighted by atomic mass is 10.0. The zero-order chi connectivity index (χ0) is 17.7. The summed E-state index contributed by atoms with van der Waals surface area (Å²) >= 11 is 0. The summed E-state index contributed by atoms with van der Waals surface area (Å²) in [6.07, 6.45) is 23.2. The predicted molar refractivity (Wildman–Crippen MR) is 102 cm³/mol. The first-order valence-electron chi connectivity index (χ1n) is 10.6. The lowest BCUT2D eigenvalue weighted by Gasteiger charge is -2.04. The van der Waals surface area contributed by atoms with Crippen molar-refractivity contribution in [2.24, 2.45) is 0 Å². The Morgan fingerprint density at radius 2 is 0.958 bits per heavy atom. The Kier molecular flexibility index (Phi) is 20.0. The quantitative estimate of drug-likeness (QED) is 0.165. The second-order valence-electron chi connectivity index (χ2n) is 7.05. The van der Waals surface area contributed by atoms with Crippen molar-refractivity contribution in [1.29, 1.82) is 0 Å². The minimum Gasteiger partial charge on any atom is -0.439 e. The summed E-state index contributed by atoms with van der Waals surface area (Å²) < 4.78 is 4.49. The molecule has 0 aliphatic heterocycles. The van der Waals surface area contributed by atoms with Gasteiger partial charge in [-0.1, -0.05) is 110 Å². The average molecular weight is 343 g/mol. The first-order chi connectivity index (χ1) is 11.8. The Labute approximate surface area is 150 Å². The molecule has 0 heterocycles. The number of carbonyl (C=O) groups excluding carboxylic acids is 1. The number of hydrogen-bond acceptors (Lipinski definition) is 3. The van der Waals surface area contributed by atoms with Crippen molar-refractivity contribution < 1.29 is 14.6 Å². The van der Waals surface area contributed by atoms with E-state index in [1.54, 1.807) is 0 Å². The van der Waals surface area contributed by atoms with Crippen LogP contribution in [-0.2, 0) is 9.53 Å². The first-order valence-corrected chi connectivity index (χ1v) is 10.6. The number of rotatable bonds is 19. The normalized spacial score (nSPS) is 10.9. The smallest absolute Gasteiger partial charge is 0.307 e. The maximum Gasteiger partial charge on any atom is 0.307 e. The van der Waals surface area contributed by atoms with Crippen molar-refractivity contribution in [2.45, 2.75) is 122 Å². The third-order valence-electron chi connectivity index (χ3n) is 4.71. The van der Waals surface area contributed by atoms with Crippen molar-refractivity contribution in [3.8, 4) is 0 Å². The van der Waals surface area contributed by atoms with Crippen LogP contribution in [0.3, 0.4) is 0 Å². The maximum atomic E-state index is 11.0. The Hall–Kier alpha value is -0.570. The van der Waals surface area contributed by atoms with Gasteiger partial charge in [0.1, 0.15) is 0 Å². The van der Waals surface area contributed by atoms with Crippen molar-refractivity contribution in [3.05, 3.63) is 0 Å². The van der Waals surface area contributed by atoms with Gasteiger partial charge in [-0.05, 0) is 6.42 Å². The number of ether oxygens (including phenoxy) is 1. The van der Waals surface area contributed by atoms with Gasteiger partial charge in [0.2, 0.25) is 0 Å². The summed E-state index contributed by atoms with van der Waals surface area (Å²) in [7, 11) is 0. The molecule has 0 spiro atoms. The minimum absolute atomic E-state index is 0.279. The molecule has 0 aromatic heterocycles. The van der Waals surface area contributed by atoms with Crippen molar-refractivity contribution in [3.63, 3.8) is 0 Å². The van der Waals surface area contributed by atoms with E-state index in [2.05, 4.69) is 11.7 Å².